The van der Waals surface area contributed by atoms with Crippen molar-refractivity contribution in [2.45, 2.75) is 82.7 Å². The molecule has 1 N–H and O–H groups in total. The molecule has 1 saturated heterocycles. The second-order valence-corrected chi connectivity index (χ2v) is 20.6. The fraction of sp³-hybridized carbons (Fsp3) is 0.538. The third kappa shape index (κ3) is 5.40. The van der Waals surface area contributed by atoms with Gasteiger partial charge in [0.2, 0.25) is 0 Å². The molecule has 0 bridgehead atoms. The molecule has 0 radical (unpaired) electrons. The van der Waals surface area contributed by atoms with E-state index in [1.165, 1.54) is 11.1 Å². The van der Waals surface area contributed by atoms with Crippen LogP contribution in [0.2, 0.25) is 37.8 Å². The van der Waals surface area contributed by atoms with Gasteiger partial charge in [-0.05, 0) is 55.3 Å². The minimum atomic E-state index is -1.90. The molecule has 0 saturated carbocycles. The summed E-state index contributed by atoms with van der Waals surface area (Å²) >= 11 is 0. The topological polar surface area (TPSA) is 30.5 Å². The van der Waals surface area contributed by atoms with E-state index in [-0.39, 0.29) is 17.2 Å². The predicted molar refractivity (Wildman–Crippen MR) is 137 cm³/mol. The van der Waals surface area contributed by atoms with Crippen LogP contribution in [0.3, 0.4) is 0 Å². The second-order valence-electron chi connectivity index (χ2n) is 11.4. The molecule has 0 unspecified atom stereocenters. The van der Waals surface area contributed by atoms with Gasteiger partial charge in [0.15, 0.2) is 16.6 Å². The molecular weight excluding hydrogens is 414 g/mol. The lowest BCUT2D eigenvalue weighted by Gasteiger charge is -2.45. The Kier molecular flexibility index (Phi) is 7.04. The molecule has 1 heterocycles. The van der Waals surface area contributed by atoms with Crippen molar-refractivity contribution >= 4 is 16.6 Å². The first-order valence-electron chi connectivity index (χ1n) is 11.6. The summed E-state index contributed by atoms with van der Waals surface area (Å²) in [6.45, 7) is 19.3. The highest BCUT2D eigenvalue weighted by Gasteiger charge is 2.50. The van der Waals surface area contributed by atoms with Gasteiger partial charge in [-0.15, -0.1) is 0 Å². The smallest absolute Gasteiger partial charge is 0.192 e. The van der Waals surface area contributed by atoms with Crippen LogP contribution in [0.1, 0.15) is 38.3 Å². The van der Waals surface area contributed by atoms with Crippen molar-refractivity contribution in [3.05, 3.63) is 71.8 Å². The number of nitrogens with one attached hydrogen (secondary N) is 1. The summed E-state index contributed by atoms with van der Waals surface area (Å²) in [6.07, 6.45) is 1.16. The van der Waals surface area contributed by atoms with Crippen molar-refractivity contribution in [3.8, 4) is 0 Å². The van der Waals surface area contributed by atoms with Crippen molar-refractivity contribution < 1.29 is 8.85 Å². The average Bonchev–Trinajstić information content (AvgIpc) is 3.14. The largest absolute Gasteiger partial charge is 0.413 e. The number of rotatable bonds is 7. The van der Waals surface area contributed by atoms with E-state index in [0.29, 0.717) is 0 Å². The van der Waals surface area contributed by atoms with Crippen LogP contribution in [-0.2, 0) is 14.5 Å². The molecular formula is C26H41NO2Si2. The molecule has 0 aromatic heterocycles. The molecule has 2 aromatic rings. The maximum absolute atomic E-state index is 7.16. The maximum atomic E-state index is 7.16. The number of hydrogen-bond acceptors (Lipinski definition) is 3. The zero-order valence-electron chi connectivity index (χ0n) is 20.7. The normalized spacial score (nSPS) is 20.8. The molecule has 1 fully saturated rings. The fourth-order valence-electron chi connectivity index (χ4n) is 4.31. The summed E-state index contributed by atoms with van der Waals surface area (Å²) in [7, 11) is -3.73. The van der Waals surface area contributed by atoms with Crippen LogP contribution in [0.4, 0.5) is 0 Å². The Labute approximate surface area is 191 Å². The molecule has 3 nitrogen and oxygen atoms in total. The van der Waals surface area contributed by atoms with Crippen LogP contribution in [0.15, 0.2) is 60.7 Å². The number of hydrogen-bond donors (Lipinski definition) is 1. The molecule has 0 spiro atoms. The van der Waals surface area contributed by atoms with Crippen LogP contribution < -0.4 is 5.32 Å². The molecule has 0 aliphatic carbocycles. The maximum Gasteiger partial charge on any atom is 0.192 e. The highest BCUT2D eigenvalue weighted by Crippen LogP contribution is 2.44. The summed E-state index contributed by atoms with van der Waals surface area (Å²) < 4.78 is 14.0. The summed E-state index contributed by atoms with van der Waals surface area (Å²) in [5.74, 6) is 0. The van der Waals surface area contributed by atoms with E-state index in [1.807, 2.05) is 0 Å². The summed E-state index contributed by atoms with van der Waals surface area (Å²) in [5.41, 5.74) is 1.90. The van der Waals surface area contributed by atoms with Gasteiger partial charge in [-0.3, -0.25) is 0 Å². The molecule has 3 rings (SSSR count). The summed E-state index contributed by atoms with van der Waals surface area (Å²) in [6, 6.07) is 21.7. The van der Waals surface area contributed by atoms with Crippen LogP contribution in [0.25, 0.3) is 0 Å². The molecule has 1 aliphatic heterocycles. The van der Waals surface area contributed by atoms with E-state index < -0.39 is 22.2 Å². The molecule has 170 valence electrons. The summed E-state index contributed by atoms with van der Waals surface area (Å²) in [5, 5.41) is 4.04. The van der Waals surface area contributed by atoms with Gasteiger partial charge in [-0.2, -0.15) is 0 Å². The lowest BCUT2D eigenvalue weighted by molar-refractivity contribution is 0.0589. The van der Waals surface area contributed by atoms with E-state index in [9.17, 15) is 0 Å². The monoisotopic (exact) mass is 455 g/mol. The molecule has 0 amide bonds. The lowest BCUT2D eigenvalue weighted by atomic mass is 9.79. The van der Waals surface area contributed by atoms with Crippen LogP contribution in [0, 0.1) is 0 Å². The Morgan fingerprint density at radius 2 is 1.29 bits per heavy atom. The van der Waals surface area contributed by atoms with Gasteiger partial charge in [0.05, 0.1) is 6.10 Å². The first-order chi connectivity index (χ1) is 14.4. The Hall–Kier alpha value is -1.25. The molecule has 2 aromatic carbocycles. The first-order valence-corrected chi connectivity index (χ1v) is 17.9. The SMILES string of the molecule is CC(C)(C)[Si](C)(C)O[C@H]1CN[C@H](C(O[Si](C)(C)C)(c2ccccc2)c2ccccc2)C1. The zero-order chi connectivity index (χ0) is 22.9. The third-order valence-electron chi connectivity index (χ3n) is 6.72. The standard InChI is InChI=1S/C26H41NO2Si2/c1-25(2,3)31(7,8)28-23-19-24(27-20-23)26(29-30(4,5)6,21-15-11-9-12-16-21)22-17-13-10-14-18-22/h9-18,23-24,27H,19-20H2,1-8H3/t23-,24+/m1/s1. The van der Waals surface area contributed by atoms with E-state index in [1.54, 1.807) is 0 Å². The van der Waals surface area contributed by atoms with Gasteiger partial charge in [-0.25, -0.2) is 0 Å². The van der Waals surface area contributed by atoms with Crippen LogP contribution >= 0.6 is 0 Å². The van der Waals surface area contributed by atoms with Crippen molar-refractivity contribution in [1.29, 1.82) is 0 Å². The van der Waals surface area contributed by atoms with Crippen LogP contribution in [-0.4, -0.2) is 35.3 Å². The molecule has 5 heteroatoms. The van der Waals surface area contributed by atoms with Crippen molar-refractivity contribution in [3.63, 3.8) is 0 Å². The van der Waals surface area contributed by atoms with Crippen molar-refractivity contribution in [2.75, 3.05) is 6.54 Å². The Bertz CT molecular complexity index is 802. The minimum Gasteiger partial charge on any atom is -0.413 e. The van der Waals surface area contributed by atoms with Gasteiger partial charge >= 0.3 is 0 Å². The van der Waals surface area contributed by atoms with Gasteiger partial charge in [0, 0.05) is 12.6 Å². The van der Waals surface area contributed by atoms with Crippen LogP contribution in [0.5, 0.6) is 0 Å². The Balaban J connectivity index is 2.03. The minimum absolute atomic E-state index is 0.152. The summed E-state index contributed by atoms with van der Waals surface area (Å²) in [4.78, 5) is 0. The third-order valence-corrected chi connectivity index (χ3v) is 12.2. The molecule has 1 aliphatic rings. The van der Waals surface area contributed by atoms with Crippen molar-refractivity contribution in [1.82, 2.24) is 5.32 Å². The fourth-order valence-corrected chi connectivity index (χ4v) is 7.02. The van der Waals surface area contributed by atoms with Gasteiger partial charge in [0.1, 0.15) is 5.60 Å². The van der Waals surface area contributed by atoms with Gasteiger partial charge in [0.25, 0.3) is 0 Å². The van der Waals surface area contributed by atoms with Gasteiger partial charge in [-0.1, -0.05) is 81.4 Å². The lowest BCUT2D eigenvalue weighted by Crippen LogP contribution is -2.53. The quantitative estimate of drug-likeness (QED) is 0.481. The number of benzene rings is 2. The highest BCUT2D eigenvalue weighted by molar-refractivity contribution is 6.74. The Morgan fingerprint density at radius 1 is 0.806 bits per heavy atom. The predicted octanol–water partition coefficient (Wildman–Crippen LogP) is 6.53. The average molecular weight is 456 g/mol. The molecule has 2 atom stereocenters. The first kappa shape index (κ1) is 24.4. The zero-order valence-corrected chi connectivity index (χ0v) is 22.7. The Morgan fingerprint density at radius 3 is 1.71 bits per heavy atom. The molecule has 31 heavy (non-hydrogen) atoms. The van der Waals surface area contributed by atoms with E-state index in [4.69, 9.17) is 8.85 Å². The van der Waals surface area contributed by atoms with E-state index in [2.05, 4.69) is 119 Å². The highest BCUT2D eigenvalue weighted by atomic mass is 28.4. The second kappa shape index (κ2) is 8.95. The van der Waals surface area contributed by atoms with E-state index >= 15 is 0 Å². The van der Waals surface area contributed by atoms with E-state index in [0.717, 1.165) is 13.0 Å². The van der Waals surface area contributed by atoms with Crippen molar-refractivity contribution in [2.24, 2.45) is 0 Å². The van der Waals surface area contributed by atoms with Gasteiger partial charge < -0.3 is 14.2 Å².